The van der Waals surface area contributed by atoms with Crippen LogP contribution in [0.2, 0.25) is 0 Å². The number of benzene rings is 2. The number of ether oxygens (including phenoxy) is 1. The molecule has 7 heteroatoms. The Morgan fingerprint density at radius 1 is 0.966 bits per heavy atom. The van der Waals surface area contributed by atoms with Crippen LogP contribution in [0.15, 0.2) is 71.1 Å². The van der Waals surface area contributed by atoms with Crippen LogP contribution in [0.3, 0.4) is 0 Å². The maximum atomic E-state index is 12.8. The van der Waals surface area contributed by atoms with E-state index in [9.17, 15) is 14.4 Å². The molecule has 0 saturated heterocycles. The van der Waals surface area contributed by atoms with Crippen LogP contribution in [0.5, 0.6) is 0 Å². The Morgan fingerprint density at radius 3 is 2.48 bits per heavy atom. The van der Waals surface area contributed by atoms with E-state index in [1.54, 1.807) is 54.6 Å². The molecule has 0 fully saturated rings. The molecule has 1 amide bonds. The zero-order valence-corrected chi connectivity index (χ0v) is 15.4. The molecule has 2 aromatic carbocycles. The Hall–Kier alpha value is -3.87. The smallest absolute Gasteiger partial charge is 0.338 e. The third-order valence-electron chi connectivity index (χ3n) is 4.50. The van der Waals surface area contributed by atoms with E-state index in [2.05, 4.69) is 10.6 Å². The van der Waals surface area contributed by atoms with Gasteiger partial charge in [0.2, 0.25) is 11.7 Å². The van der Waals surface area contributed by atoms with Gasteiger partial charge in [0.25, 0.3) is 0 Å². The molecule has 1 aromatic heterocycles. The first-order valence-electron chi connectivity index (χ1n) is 9.10. The fourth-order valence-electron chi connectivity index (χ4n) is 3.06. The van der Waals surface area contributed by atoms with E-state index in [1.165, 1.54) is 6.07 Å². The summed E-state index contributed by atoms with van der Waals surface area (Å²) in [6.45, 7) is -0.0948. The van der Waals surface area contributed by atoms with Crippen molar-refractivity contribution in [3.63, 3.8) is 0 Å². The number of anilines is 2. The van der Waals surface area contributed by atoms with Crippen LogP contribution in [-0.2, 0) is 16.1 Å². The molecule has 0 spiro atoms. The van der Waals surface area contributed by atoms with Crippen molar-refractivity contribution in [2.45, 2.75) is 19.1 Å². The number of rotatable bonds is 5. The Balaban J connectivity index is 1.43. The maximum Gasteiger partial charge on any atom is 0.338 e. The zero-order chi connectivity index (χ0) is 20.2. The number of esters is 1. The van der Waals surface area contributed by atoms with Gasteiger partial charge in [0, 0.05) is 0 Å². The lowest BCUT2D eigenvalue weighted by molar-refractivity contribution is -0.116. The lowest BCUT2D eigenvalue weighted by atomic mass is 10.1. The van der Waals surface area contributed by atoms with Crippen LogP contribution in [0, 0.1) is 0 Å². The first kappa shape index (κ1) is 18.5. The minimum Gasteiger partial charge on any atom is -0.454 e. The van der Waals surface area contributed by atoms with E-state index in [0.29, 0.717) is 22.7 Å². The highest BCUT2D eigenvalue weighted by atomic mass is 16.5. The first-order valence-corrected chi connectivity index (χ1v) is 9.10. The van der Waals surface area contributed by atoms with E-state index in [1.807, 2.05) is 6.07 Å². The van der Waals surface area contributed by atoms with Gasteiger partial charge in [-0.15, -0.1) is 0 Å². The number of carbonyl (C=O) groups excluding carboxylic acids is 3. The molecule has 1 aliphatic heterocycles. The number of amides is 1. The van der Waals surface area contributed by atoms with Crippen LogP contribution >= 0.6 is 0 Å². The van der Waals surface area contributed by atoms with Crippen LogP contribution in [-0.4, -0.2) is 23.7 Å². The van der Waals surface area contributed by atoms with Gasteiger partial charge in [-0.25, -0.2) is 4.79 Å². The summed E-state index contributed by atoms with van der Waals surface area (Å²) < 4.78 is 10.8. The molecule has 29 heavy (non-hydrogen) atoms. The lowest BCUT2D eigenvalue weighted by Gasteiger charge is -2.14. The second-order valence-electron chi connectivity index (χ2n) is 6.57. The zero-order valence-electron chi connectivity index (χ0n) is 15.4. The predicted molar refractivity (Wildman–Crippen MR) is 106 cm³/mol. The summed E-state index contributed by atoms with van der Waals surface area (Å²) in [5.41, 5.74) is 1.73. The molecule has 7 nitrogen and oxygen atoms in total. The van der Waals surface area contributed by atoms with Gasteiger partial charge in [-0.1, -0.05) is 30.3 Å². The number of fused-ring (bicyclic) bond motifs is 1. The summed E-state index contributed by atoms with van der Waals surface area (Å²) >= 11 is 0. The number of para-hydroxylation sites is 2. The largest absolute Gasteiger partial charge is 0.454 e. The van der Waals surface area contributed by atoms with Crippen molar-refractivity contribution in [2.75, 3.05) is 10.6 Å². The van der Waals surface area contributed by atoms with Gasteiger partial charge in [0.05, 0.1) is 23.4 Å². The minimum atomic E-state index is -0.760. The van der Waals surface area contributed by atoms with Gasteiger partial charge in [-0.3, -0.25) is 9.59 Å². The van der Waals surface area contributed by atoms with E-state index in [-0.39, 0.29) is 30.5 Å². The SMILES string of the molecule is O=C1CC(C(=O)c2ccc(COC(=O)c3ccccc3)o2)Nc2ccccc2N1. The van der Waals surface area contributed by atoms with Crippen molar-refractivity contribution < 1.29 is 23.5 Å². The highest BCUT2D eigenvalue weighted by Gasteiger charge is 2.29. The Morgan fingerprint density at radius 2 is 1.69 bits per heavy atom. The summed E-state index contributed by atoms with van der Waals surface area (Å²) in [5, 5.41) is 5.86. The molecule has 2 N–H and O–H groups in total. The molecule has 1 aliphatic rings. The van der Waals surface area contributed by atoms with E-state index in [4.69, 9.17) is 9.15 Å². The molecule has 1 atom stereocenters. The van der Waals surface area contributed by atoms with Crippen molar-refractivity contribution in [3.8, 4) is 0 Å². The quantitative estimate of drug-likeness (QED) is 0.510. The minimum absolute atomic E-state index is 0.0213. The van der Waals surface area contributed by atoms with Crippen LogP contribution < -0.4 is 10.6 Å². The fraction of sp³-hybridized carbons (Fsp3) is 0.136. The topological polar surface area (TPSA) is 97.6 Å². The summed E-state index contributed by atoms with van der Waals surface area (Å²) in [4.78, 5) is 37.0. The molecular formula is C22H18N2O5. The highest BCUT2D eigenvalue weighted by molar-refractivity contribution is 6.06. The number of furan rings is 1. The molecule has 0 radical (unpaired) electrons. The molecule has 0 saturated carbocycles. The predicted octanol–water partition coefficient (Wildman–Crippen LogP) is 3.64. The number of hydrogen-bond donors (Lipinski definition) is 2. The Kier molecular flexibility index (Phi) is 5.11. The van der Waals surface area contributed by atoms with Crippen LogP contribution in [0.25, 0.3) is 0 Å². The summed E-state index contributed by atoms with van der Waals surface area (Å²) in [5.74, 6) is -0.646. The molecule has 0 aliphatic carbocycles. The third-order valence-corrected chi connectivity index (χ3v) is 4.50. The maximum absolute atomic E-state index is 12.8. The molecule has 3 aromatic rings. The number of carbonyl (C=O) groups is 3. The van der Waals surface area contributed by atoms with Gasteiger partial charge in [0.1, 0.15) is 18.4 Å². The Labute approximate surface area is 166 Å². The normalized spacial score (nSPS) is 15.4. The summed E-state index contributed by atoms with van der Waals surface area (Å²) in [7, 11) is 0. The van der Waals surface area contributed by atoms with Gasteiger partial charge >= 0.3 is 5.97 Å². The number of hydrogen-bond acceptors (Lipinski definition) is 6. The molecule has 2 heterocycles. The van der Waals surface area contributed by atoms with Crippen molar-refractivity contribution >= 4 is 29.0 Å². The summed E-state index contributed by atoms with van der Waals surface area (Å²) in [6.07, 6.45) is -0.0213. The average molecular weight is 390 g/mol. The van der Waals surface area contributed by atoms with E-state index < -0.39 is 12.0 Å². The van der Waals surface area contributed by atoms with Crippen molar-refractivity contribution in [3.05, 3.63) is 83.8 Å². The molecule has 4 rings (SSSR count). The third kappa shape index (κ3) is 4.19. The number of ketones is 1. The fourth-order valence-corrected chi connectivity index (χ4v) is 3.06. The van der Waals surface area contributed by atoms with Crippen LogP contribution in [0.1, 0.15) is 33.1 Å². The monoisotopic (exact) mass is 390 g/mol. The van der Waals surface area contributed by atoms with Crippen LogP contribution in [0.4, 0.5) is 11.4 Å². The van der Waals surface area contributed by atoms with Gasteiger partial charge < -0.3 is 19.8 Å². The molecule has 1 unspecified atom stereocenters. The van der Waals surface area contributed by atoms with Gasteiger partial charge in [0.15, 0.2) is 5.76 Å². The standard InChI is InChI=1S/C22H18N2O5/c25-20-12-18(23-16-8-4-5-9-17(16)24-20)21(26)19-11-10-15(29-19)13-28-22(27)14-6-2-1-3-7-14/h1-11,18,23H,12-13H2,(H,24,25). The highest BCUT2D eigenvalue weighted by Crippen LogP contribution is 2.27. The van der Waals surface area contributed by atoms with E-state index >= 15 is 0 Å². The van der Waals surface area contributed by atoms with Crippen molar-refractivity contribution in [1.29, 1.82) is 0 Å². The second kappa shape index (κ2) is 8.02. The number of Topliss-reactive ketones (excluding diaryl/α,β-unsaturated/α-hetero) is 1. The van der Waals surface area contributed by atoms with E-state index in [0.717, 1.165) is 0 Å². The molecule has 146 valence electrons. The first-order chi connectivity index (χ1) is 14.1. The van der Waals surface area contributed by atoms with Crippen molar-refractivity contribution in [2.24, 2.45) is 0 Å². The molecule has 0 bridgehead atoms. The van der Waals surface area contributed by atoms with Crippen molar-refractivity contribution in [1.82, 2.24) is 0 Å². The Bertz CT molecular complexity index is 1060. The van der Waals surface area contributed by atoms with Gasteiger partial charge in [-0.05, 0) is 36.4 Å². The molecular weight excluding hydrogens is 372 g/mol. The average Bonchev–Trinajstić information content (AvgIpc) is 3.14. The summed E-state index contributed by atoms with van der Waals surface area (Å²) in [6, 6.07) is 18.1. The van der Waals surface area contributed by atoms with Gasteiger partial charge in [-0.2, -0.15) is 0 Å². The number of nitrogens with one attached hydrogen (secondary N) is 2. The second-order valence-corrected chi connectivity index (χ2v) is 6.57. The lowest BCUT2D eigenvalue weighted by Crippen LogP contribution is -2.31.